The van der Waals surface area contributed by atoms with Crippen molar-refractivity contribution in [2.75, 3.05) is 6.61 Å². The largest absolute Gasteiger partial charge is 0.479 e. The number of halogens is 2. The van der Waals surface area contributed by atoms with Gasteiger partial charge in [0.25, 0.3) is 0 Å². The zero-order chi connectivity index (χ0) is 12.1. The molecule has 0 aliphatic carbocycles. The van der Waals surface area contributed by atoms with Crippen molar-refractivity contribution in [2.24, 2.45) is 0 Å². The lowest BCUT2D eigenvalue weighted by atomic mass is 10.1. The van der Waals surface area contributed by atoms with Crippen LogP contribution in [0.5, 0.6) is 0 Å². The fraction of sp³-hybridized carbons (Fsp3) is 0.364. The van der Waals surface area contributed by atoms with Crippen LogP contribution in [-0.2, 0) is 9.53 Å². The first-order valence-corrected chi connectivity index (χ1v) is 5.23. The fourth-order valence-electron chi connectivity index (χ4n) is 1.22. The second-order valence-corrected chi connectivity index (χ2v) is 3.67. The third kappa shape index (κ3) is 3.18. The molecule has 0 saturated carbocycles. The number of rotatable bonds is 5. The lowest BCUT2D eigenvalue weighted by molar-refractivity contribution is -0.150. The molecule has 0 fully saturated rings. The Labute approximate surface area is 97.8 Å². The minimum absolute atomic E-state index is 0.108. The maximum Gasteiger partial charge on any atom is 0.337 e. The van der Waals surface area contributed by atoms with Crippen LogP contribution in [0.15, 0.2) is 18.2 Å². The quantitative estimate of drug-likeness (QED) is 0.869. The van der Waals surface area contributed by atoms with E-state index < -0.39 is 17.9 Å². The van der Waals surface area contributed by atoms with E-state index in [9.17, 15) is 9.18 Å². The summed E-state index contributed by atoms with van der Waals surface area (Å²) < 4.78 is 18.0. The second kappa shape index (κ2) is 5.82. The zero-order valence-electron chi connectivity index (χ0n) is 8.74. The highest BCUT2D eigenvalue weighted by atomic mass is 35.5. The first-order valence-electron chi connectivity index (χ1n) is 4.85. The standard InChI is InChI=1S/C11H12ClFO3/c1-2-5-16-10(11(14)15)7-3-4-9(13)8(12)6-7/h3-4,6,10H,2,5H2,1H3,(H,14,15). The van der Waals surface area contributed by atoms with Crippen molar-refractivity contribution in [1.82, 2.24) is 0 Å². The summed E-state index contributed by atoms with van der Waals surface area (Å²) in [6, 6.07) is 3.75. The molecule has 1 aromatic rings. The van der Waals surface area contributed by atoms with Gasteiger partial charge in [-0.25, -0.2) is 9.18 Å². The Bertz CT molecular complexity index is 381. The molecule has 1 aromatic carbocycles. The Balaban J connectivity index is 2.92. The Kier molecular flexibility index (Phi) is 4.71. The van der Waals surface area contributed by atoms with Gasteiger partial charge < -0.3 is 9.84 Å². The summed E-state index contributed by atoms with van der Waals surface area (Å²) >= 11 is 5.57. The normalized spacial score (nSPS) is 12.4. The van der Waals surface area contributed by atoms with Gasteiger partial charge in [0.05, 0.1) is 5.02 Å². The maximum absolute atomic E-state index is 12.9. The smallest absolute Gasteiger partial charge is 0.337 e. The van der Waals surface area contributed by atoms with Gasteiger partial charge in [-0.1, -0.05) is 24.6 Å². The van der Waals surface area contributed by atoms with Gasteiger partial charge in [-0.15, -0.1) is 0 Å². The molecule has 0 amide bonds. The van der Waals surface area contributed by atoms with Crippen LogP contribution in [-0.4, -0.2) is 17.7 Å². The van der Waals surface area contributed by atoms with Gasteiger partial charge in [0.15, 0.2) is 6.10 Å². The minimum Gasteiger partial charge on any atom is -0.479 e. The van der Waals surface area contributed by atoms with E-state index in [2.05, 4.69) is 0 Å². The number of aliphatic carboxylic acids is 1. The van der Waals surface area contributed by atoms with Crippen LogP contribution in [0.25, 0.3) is 0 Å². The van der Waals surface area contributed by atoms with E-state index in [0.29, 0.717) is 18.6 Å². The van der Waals surface area contributed by atoms with Crippen LogP contribution in [0.2, 0.25) is 5.02 Å². The van der Waals surface area contributed by atoms with Crippen molar-refractivity contribution >= 4 is 17.6 Å². The minimum atomic E-state index is -1.11. The Morgan fingerprint density at radius 3 is 2.81 bits per heavy atom. The summed E-state index contributed by atoms with van der Waals surface area (Å²) in [5.41, 5.74) is 0.340. The van der Waals surface area contributed by atoms with Crippen molar-refractivity contribution in [3.63, 3.8) is 0 Å². The maximum atomic E-state index is 12.9. The molecule has 0 heterocycles. The summed E-state index contributed by atoms with van der Waals surface area (Å²) in [5.74, 6) is -1.69. The molecule has 88 valence electrons. The van der Waals surface area contributed by atoms with E-state index in [1.807, 2.05) is 6.92 Å². The van der Waals surface area contributed by atoms with E-state index in [1.54, 1.807) is 0 Å². The molecule has 0 radical (unpaired) electrons. The van der Waals surface area contributed by atoms with E-state index in [0.717, 1.165) is 6.07 Å². The predicted molar refractivity (Wildman–Crippen MR) is 58.0 cm³/mol. The van der Waals surface area contributed by atoms with Gasteiger partial charge >= 0.3 is 5.97 Å². The van der Waals surface area contributed by atoms with Crippen molar-refractivity contribution in [3.05, 3.63) is 34.6 Å². The summed E-state index contributed by atoms with van der Waals surface area (Å²) in [6.07, 6.45) is -0.392. The monoisotopic (exact) mass is 246 g/mol. The molecule has 0 aliphatic rings. The molecule has 1 unspecified atom stereocenters. The van der Waals surface area contributed by atoms with E-state index in [1.165, 1.54) is 12.1 Å². The molecule has 0 spiro atoms. The van der Waals surface area contributed by atoms with Gasteiger partial charge in [0, 0.05) is 6.61 Å². The van der Waals surface area contributed by atoms with Gasteiger partial charge in [-0.05, 0) is 24.1 Å². The molecule has 0 saturated heterocycles. The van der Waals surface area contributed by atoms with Gasteiger partial charge in [0.1, 0.15) is 5.82 Å². The number of hydrogen-bond acceptors (Lipinski definition) is 2. The predicted octanol–water partition coefficient (Wildman–Crippen LogP) is 3.03. The lowest BCUT2D eigenvalue weighted by Crippen LogP contribution is -2.16. The number of hydrogen-bond donors (Lipinski definition) is 1. The van der Waals surface area contributed by atoms with E-state index >= 15 is 0 Å². The van der Waals surface area contributed by atoms with Crippen molar-refractivity contribution < 1.29 is 19.0 Å². The SMILES string of the molecule is CCCOC(C(=O)O)c1ccc(F)c(Cl)c1. The molecule has 3 nitrogen and oxygen atoms in total. The second-order valence-electron chi connectivity index (χ2n) is 3.26. The van der Waals surface area contributed by atoms with Crippen LogP contribution >= 0.6 is 11.6 Å². The lowest BCUT2D eigenvalue weighted by Gasteiger charge is -2.13. The molecule has 0 aromatic heterocycles. The molecular weight excluding hydrogens is 235 g/mol. The Morgan fingerprint density at radius 2 is 2.31 bits per heavy atom. The van der Waals surface area contributed by atoms with Crippen LogP contribution in [0, 0.1) is 5.82 Å². The van der Waals surface area contributed by atoms with Crippen LogP contribution in [0.3, 0.4) is 0 Å². The third-order valence-electron chi connectivity index (χ3n) is 1.96. The number of carboxylic acids is 1. The molecule has 1 atom stereocenters. The zero-order valence-corrected chi connectivity index (χ0v) is 9.50. The number of benzene rings is 1. The fourth-order valence-corrected chi connectivity index (χ4v) is 1.41. The van der Waals surface area contributed by atoms with Crippen LogP contribution in [0.4, 0.5) is 4.39 Å². The Hall–Kier alpha value is -1.13. The number of ether oxygens (including phenoxy) is 1. The average Bonchev–Trinajstić information content (AvgIpc) is 2.23. The van der Waals surface area contributed by atoms with Gasteiger partial charge in [0.2, 0.25) is 0 Å². The summed E-state index contributed by atoms with van der Waals surface area (Å²) in [7, 11) is 0. The molecular formula is C11H12ClFO3. The van der Waals surface area contributed by atoms with E-state index in [-0.39, 0.29) is 5.02 Å². The number of carboxylic acid groups (broad SMARTS) is 1. The van der Waals surface area contributed by atoms with Crippen molar-refractivity contribution in [1.29, 1.82) is 0 Å². The Morgan fingerprint density at radius 1 is 1.62 bits per heavy atom. The molecule has 0 bridgehead atoms. The molecule has 1 rings (SSSR count). The average molecular weight is 247 g/mol. The summed E-state index contributed by atoms with van der Waals surface area (Å²) in [6.45, 7) is 2.20. The van der Waals surface area contributed by atoms with Crippen molar-refractivity contribution in [3.8, 4) is 0 Å². The highest BCUT2D eigenvalue weighted by molar-refractivity contribution is 6.30. The van der Waals surface area contributed by atoms with Gasteiger partial charge in [-0.2, -0.15) is 0 Å². The van der Waals surface area contributed by atoms with Crippen LogP contribution < -0.4 is 0 Å². The molecule has 1 N–H and O–H groups in total. The molecule has 5 heteroatoms. The molecule has 0 aliphatic heterocycles. The first-order chi connectivity index (χ1) is 7.56. The van der Waals surface area contributed by atoms with Gasteiger partial charge in [-0.3, -0.25) is 0 Å². The van der Waals surface area contributed by atoms with Crippen LogP contribution in [0.1, 0.15) is 25.0 Å². The molecule has 16 heavy (non-hydrogen) atoms. The van der Waals surface area contributed by atoms with E-state index in [4.69, 9.17) is 21.4 Å². The summed E-state index contributed by atoms with van der Waals surface area (Å²) in [4.78, 5) is 10.9. The highest BCUT2D eigenvalue weighted by Gasteiger charge is 2.21. The first kappa shape index (κ1) is 12.9. The summed E-state index contributed by atoms with van der Waals surface area (Å²) in [5, 5.41) is 8.84. The van der Waals surface area contributed by atoms with Crippen molar-refractivity contribution in [2.45, 2.75) is 19.4 Å². The number of carbonyl (C=O) groups is 1. The highest BCUT2D eigenvalue weighted by Crippen LogP contribution is 2.23. The topological polar surface area (TPSA) is 46.5 Å². The third-order valence-corrected chi connectivity index (χ3v) is 2.25.